The van der Waals surface area contributed by atoms with E-state index in [4.69, 9.17) is 5.11 Å². The molecule has 0 saturated heterocycles. The van der Waals surface area contributed by atoms with Crippen molar-refractivity contribution in [2.45, 2.75) is 26.3 Å². The van der Waals surface area contributed by atoms with Crippen molar-refractivity contribution in [1.82, 2.24) is 10.3 Å². The van der Waals surface area contributed by atoms with E-state index in [0.29, 0.717) is 5.69 Å². The van der Waals surface area contributed by atoms with Gasteiger partial charge in [0.1, 0.15) is 11.2 Å². The Morgan fingerprint density at radius 2 is 2.12 bits per heavy atom. The summed E-state index contributed by atoms with van der Waals surface area (Å²) in [4.78, 5) is 25.6. The highest BCUT2D eigenvalue weighted by molar-refractivity contribution is 5.96. The van der Waals surface area contributed by atoms with E-state index in [-0.39, 0.29) is 5.92 Å². The third-order valence-corrected chi connectivity index (χ3v) is 2.81. The third-order valence-electron chi connectivity index (χ3n) is 2.81. The molecule has 16 heavy (non-hydrogen) atoms. The maximum Gasteiger partial charge on any atom is 0.329 e. The maximum absolute atomic E-state index is 11.7. The van der Waals surface area contributed by atoms with Crippen LogP contribution in [0.4, 0.5) is 0 Å². The summed E-state index contributed by atoms with van der Waals surface area (Å²) in [5.74, 6) is -1.66. The highest BCUT2D eigenvalue weighted by atomic mass is 16.4. The first-order valence-corrected chi connectivity index (χ1v) is 5.07. The lowest BCUT2D eigenvalue weighted by molar-refractivity contribution is -0.145. The maximum atomic E-state index is 11.7. The van der Waals surface area contributed by atoms with Crippen LogP contribution in [-0.2, 0) is 4.79 Å². The van der Waals surface area contributed by atoms with Gasteiger partial charge in [-0.15, -0.1) is 0 Å². The number of H-pyrrole nitrogens is 1. The average molecular weight is 224 g/mol. The minimum absolute atomic E-state index is 0.205. The van der Waals surface area contributed by atoms with Crippen molar-refractivity contribution in [3.63, 3.8) is 0 Å². The fourth-order valence-electron chi connectivity index (χ4n) is 1.22. The first kappa shape index (κ1) is 12.3. The molecule has 1 amide bonds. The zero-order valence-electron chi connectivity index (χ0n) is 9.57. The number of carboxylic acid groups (broad SMARTS) is 1. The first-order chi connectivity index (χ1) is 7.38. The summed E-state index contributed by atoms with van der Waals surface area (Å²) in [7, 11) is 0. The Labute approximate surface area is 93.9 Å². The summed E-state index contributed by atoms with van der Waals surface area (Å²) in [6.45, 7) is 5.01. The zero-order chi connectivity index (χ0) is 12.3. The van der Waals surface area contributed by atoms with Crippen LogP contribution in [-0.4, -0.2) is 27.5 Å². The van der Waals surface area contributed by atoms with E-state index < -0.39 is 17.4 Å². The number of aliphatic carboxylic acids is 1. The highest BCUT2D eigenvalue weighted by Gasteiger charge is 2.38. The monoisotopic (exact) mass is 224 g/mol. The molecule has 1 rings (SSSR count). The number of aromatic nitrogens is 1. The Kier molecular flexibility index (Phi) is 3.37. The Hall–Kier alpha value is -1.78. The molecule has 5 nitrogen and oxygen atoms in total. The van der Waals surface area contributed by atoms with E-state index in [1.54, 1.807) is 32.2 Å². The minimum Gasteiger partial charge on any atom is -0.480 e. The van der Waals surface area contributed by atoms with E-state index in [2.05, 4.69) is 10.3 Å². The lowest BCUT2D eigenvalue weighted by atomic mass is 9.88. The highest BCUT2D eigenvalue weighted by Crippen LogP contribution is 2.17. The van der Waals surface area contributed by atoms with E-state index in [1.807, 2.05) is 0 Å². The van der Waals surface area contributed by atoms with Crippen LogP contribution in [0.3, 0.4) is 0 Å². The van der Waals surface area contributed by atoms with Crippen LogP contribution in [0.2, 0.25) is 0 Å². The minimum atomic E-state index is -1.26. The molecule has 1 aromatic rings. The van der Waals surface area contributed by atoms with Crippen LogP contribution in [0, 0.1) is 5.92 Å². The fourth-order valence-corrected chi connectivity index (χ4v) is 1.22. The van der Waals surface area contributed by atoms with Gasteiger partial charge >= 0.3 is 5.97 Å². The van der Waals surface area contributed by atoms with Crippen LogP contribution in [0.25, 0.3) is 0 Å². The first-order valence-electron chi connectivity index (χ1n) is 5.07. The molecule has 1 unspecified atom stereocenters. The molecule has 0 radical (unpaired) electrons. The molecule has 1 atom stereocenters. The summed E-state index contributed by atoms with van der Waals surface area (Å²) < 4.78 is 0. The fraction of sp³-hybridized carbons (Fsp3) is 0.455. The molecule has 88 valence electrons. The van der Waals surface area contributed by atoms with Gasteiger partial charge in [-0.2, -0.15) is 0 Å². The molecule has 1 heterocycles. The molecule has 3 N–H and O–H groups in total. The molecule has 0 aliphatic carbocycles. The topological polar surface area (TPSA) is 82.2 Å². The number of hydrogen-bond acceptors (Lipinski definition) is 2. The number of amides is 1. The molecule has 0 saturated carbocycles. The largest absolute Gasteiger partial charge is 0.480 e. The molecule has 0 aliphatic rings. The normalized spacial score (nSPS) is 14.5. The SMILES string of the molecule is CC(C)C(C)(NC(=O)c1ccc[nH]1)C(=O)O. The van der Waals surface area contributed by atoms with Crippen molar-refractivity contribution in [3.05, 3.63) is 24.0 Å². The van der Waals surface area contributed by atoms with Crippen LogP contribution >= 0.6 is 0 Å². The predicted octanol–water partition coefficient (Wildman–Crippen LogP) is 1.24. The number of rotatable bonds is 4. The van der Waals surface area contributed by atoms with Crippen molar-refractivity contribution < 1.29 is 14.7 Å². The van der Waals surface area contributed by atoms with Crippen molar-refractivity contribution in [3.8, 4) is 0 Å². The van der Waals surface area contributed by atoms with Crippen LogP contribution in [0.1, 0.15) is 31.3 Å². The second kappa shape index (κ2) is 4.38. The standard InChI is InChI=1S/C11H16N2O3/c1-7(2)11(3,10(15)16)13-9(14)8-5-4-6-12-8/h4-7,12H,1-3H3,(H,13,14)(H,15,16). The second-order valence-corrected chi connectivity index (χ2v) is 4.20. The predicted molar refractivity (Wildman–Crippen MR) is 59.1 cm³/mol. The van der Waals surface area contributed by atoms with E-state index in [1.165, 1.54) is 6.92 Å². The Bertz CT molecular complexity index is 384. The van der Waals surface area contributed by atoms with Gasteiger partial charge in [-0.05, 0) is 25.0 Å². The third kappa shape index (κ3) is 2.24. The van der Waals surface area contributed by atoms with Gasteiger partial charge in [0.15, 0.2) is 0 Å². The average Bonchev–Trinajstić information content (AvgIpc) is 2.69. The van der Waals surface area contributed by atoms with Gasteiger partial charge in [0, 0.05) is 6.20 Å². The molecular weight excluding hydrogens is 208 g/mol. The second-order valence-electron chi connectivity index (χ2n) is 4.20. The lowest BCUT2D eigenvalue weighted by Crippen LogP contribution is -2.55. The van der Waals surface area contributed by atoms with E-state index in [0.717, 1.165) is 0 Å². The molecule has 0 spiro atoms. The van der Waals surface area contributed by atoms with Crippen LogP contribution < -0.4 is 5.32 Å². The number of carboxylic acids is 1. The molecular formula is C11H16N2O3. The Morgan fingerprint density at radius 3 is 2.50 bits per heavy atom. The Morgan fingerprint density at radius 1 is 1.50 bits per heavy atom. The number of hydrogen-bond donors (Lipinski definition) is 3. The van der Waals surface area contributed by atoms with Gasteiger partial charge in [0.25, 0.3) is 5.91 Å². The Balaban J connectivity index is 2.86. The van der Waals surface area contributed by atoms with Crippen LogP contribution in [0.15, 0.2) is 18.3 Å². The molecule has 0 fully saturated rings. The van der Waals surface area contributed by atoms with Gasteiger partial charge in [-0.25, -0.2) is 4.79 Å². The van der Waals surface area contributed by atoms with Gasteiger partial charge in [0.2, 0.25) is 0 Å². The molecule has 0 aromatic carbocycles. The molecule has 0 aliphatic heterocycles. The summed E-state index contributed by atoms with van der Waals surface area (Å²) in [5.41, 5.74) is -0.907. The molecule has 1 aromatic heterocycles. The van der Waals surface area contributed by atoms with Crippen molar-refractivity contribution in [2.75, 3.05) is 0 Å². The van der Waals surface area contributed by atoms with Crippen LogP contribution in [0.5, 0.6) is 0 Å². The summed E-state index contributed by atoms with van der Waals surface area (Å²) in [6, 6.07) is 3.28. The summed E-state index contributed by atoms with van der Waals surface area (Å²) in [6.07, 6.45) is 1.61. The summed E-state index contributed by atoms with van der Waals surface area (Å²) >= 11 is 0. The van der Waals surface area contributed by atoms with Gasteiger partial charge in [0.05, 0.1) is 0 Å². The molecule has 0 bridgehead atoms. The van der Waals surface area contributed by atoms with Gasteiger partial charge in [-0.3, -0.25) is 4.79 Å². The molecule has 5 heteroatoms. The van der Waals surface area contributed by atoms with E-state index in [9.17, 15) is 9.59 Å². The number of carbonyl (C=O) groups is 2. The smallest absolute Gasteiger partial charge is 0.329 e. The van der Waals surface area contributed by atoms with Crippen molar-refractivity contribution in [2.24, 2.45) is 5.92 Å². The van der Waals surface area contributed by atoms with Gasteiger partial charge in [-0.1, -0.05) is 13.8 Å². The van der Waals surface area contributed by atoms with Crippen molar-refractivity contribution >= 4 is 11.9 Å². The number of carbonyl (C=O) groups excluding carboxylic acids is 1. The summed E-state index contributed by atoms with van der Waals surface area (Å²) in [5, 5.41) is 11.6. The van der Waals surface area contributed by atoms with Gasteiger partial charge < -0.3 is 15.4 Å². The zero-order valence-corrected chi connectivity index (χ0v) is 9.57. The number of aromatic amines is 1. The number of nitrogens with one attached hydrogen (secondary N) is 2. The van der Waals surface area contributed by atoms with Crippen molar-refractivity contribution in [1.29, 1.82) is 0 Å². The van der Waals surface area contributed by atoms with E-state index >= 15 is 0 Å². The quantitative estimate of drug-likeness (QED) is 0.719. The lowest BCUT2D eigenvalue weighted by Gasteiger charge is -2.29.